The summed E-state index contributed by atoms with van der Waals surface area (Å²) >= 11 is 0. The van der Waals surface area contributed by atoms with Crippen LogP contribution in [-0.2, 0) is 9.53 Å². The largest absolute Gasteiger partial charge is 0.428 e. The zero-order valence-corrected chi connectivity index (χ0v) is 4.73. The van der Waals surface area contributed by atoms with E-state index in [1.165, 1.54) is 0 Å². The Morgan fingerprint density at radius 3 is 2.00 bits per heavy atom. The van der Waals surface area contributed by atoms with Crippen LogP contribution in [0.1, 0.15) is 0 Å². The van der Waals surface area contributed by atoms with Crippen molar-refractivity contribution >= 4 is 5.91 Å². The predicted octanol–water partition coefficient (Wildman–Crippen LogP) is -0.197. The van der Waals surface area contributed by atoms with Crippen LogP contribution in [0.25, 0.3) is 0 Å². The number of hydrogen-bond donors (Lipinski definition) is 1. The van der Waals surface area contributed by atoms with Crippen LogP contribution in [0.5, 0.6) is 0 Å². The second-order valence-electron chi connectivity index (χ2n) is 1.98. The molecule has 0 aromatic carbocycles. The molecule has 0 aromatic rings. The summed E-state index contributed by atoms with van der Waals surface area (Å²) < 4.78 is 39.1. The van der Waals surface area contributed by atoms with Gasteiger partial charge in [-0.2, -0.15) is 13.2 Å². The number of rotatable bonds is 1. The van der Waals surface area contributed by atoms with E-state index in [0.29, 0.717) is 0 Å². The van der Waals surface area contributed by atoms with Gasteiger partial charge >= 0.3 is 6.18 Å². The first-order chi connectivity index (χ1) is 4.40. The monoisotopic (exact) mass is 155 g/mol. The minimum absolute atomic E-state index is 0.647. The van der Waals surface area contributed by atoms with Crippen molar-refractivity contribution in [1.82, 2.24) is 0 Å². The van der Waals surface area contributed by atoms with E-state index in [4.69, 9.17) is 0 Å². The third-order valence-electron chi connectivity index (χ3n) is 1.29. The molecule has 0 bridgehead atoms. The van der Waals surface area contributed by atoms with Crippen molar-refractivity contribution in [3.8, 4) is 0 Å². The van der Waals surface area contributed by atoms with Gasteiger partial charge in [-0.1, -0.05) is 0 Å². The van der Waals surface area contributed by atoms with E-state index in [1.807, 2.05) is 0 Å². The summed E-state index contributed by atoms with van der Waals surface area (Å²) in [6.45, 7) is -0.647. The Labute approximate surface area is 53.9 Å². The van der Waals surface area contributed by atoms with Crippen LogP contribution in [-0.4, -0.2) is 24.3 Å². The minimum Gasteiger partial charge on any atom is -0.367 e. The number of carbonyl (C=O) groups is 1. The molecule has 0 spiro atoms. The van der Waals surface area contributed by atoms with Crippen molar-refractivity contribution in [2.75, 3.05) is 6.61 Å². The lowest BCUT2D eigenvalue weighted by Crippen LogP contribution is -2.45. The number of carbonyl (C=O) groups excluding carboxylic acids is 1. The highest BCUT2D eigenvalue weighted by Crippen LogP contribution is 2.42. The van der Waals surface area contributed by atoms with Crippen LogP contribution >= 0.6 is 0 Å². The van der Waals surface area contributed by atoms with Crippen LogP contribution in [0.2, 0.25) is 0 Å². The average molecular weight is 155 g/mol. The van der Waals surface area contributed by atoms with E-state index in [1.54, 1.807) is 0 Å². The molecule has 0 aliphatic carbocycles. The molecule has 1 saturated heterocycles. The van der Waals surface area contributed by atoms with E-state index < -0.39 is 24.3 Å². The van der Waals surface area contributed by atoms with Gasteiger partial charge in [0.25, 0.3) is 11.5 Å². The van der Waals surface area contributed by atoms with Crippen molar-refractivity contribution in [3.63, 3.8) is 0 Å². The second kappa shape index (κ2) is 1.63. The summed E-state index contributed by atoms with van der Waals surface area (Å²) in [7, 11) is 0. The first-order valence-electron chi connectivity index (χ1n) is 2.41. The van der Waals surface area contributed by atoms with E-state index in [0.717, 1.165) is 0 Å². The number of primary amides is 1. The standard InChI is InChI=1S/C4H4F3NO2/c5-4(6,7)3(1-10-3)2(8)9/h1H2,(H2,8,9). The summed E-state index contributed by atoms with van der Waals surface area (Å²) in [5, 5.41) is 0. The van der Waals surface area contributed by atoms with E-state index >= 15 is 0 Å². The van der Waals surface area contributed by atoms with Gasteiger partial charge in [0, 0.05) is 0 Å². The highest BCUT2D eigenvalue weighted by Gasteiger charge is 2.70. The van der Waals surface area contributed by atoms with Crippen LogP contribution in [0.15, 0.2) is 0 Å². The molecule has 0 radical (unpaired) electrons. The van der Waals surface area contributed by atoms with Gasteiger partial charge in [-0.25, -0.2) is 0 Å². The third-order valence-corrected chi connectivity index (χ3v) is 1.29. The van der Waals surface area contributed by atoms with Crippen molar-refractivity contribution in [1.29, 1.82) is 0 Å². The van der Waals surface area contributed by atoms with Crippen LogP contribution < -0.4 is 5.73 Å². The molecule has 0 aromatic heterocycles. The van der Waals surface area contributed by atoms with Gasteiger partial charge < -0.3 is 10.5 Å². The Morgan fingerprint density at radius 1 is 1.60 bits per heavy atom. The molecule has 1 aliphatic heterocycles. The fourth-order valence-corrected chi connectivity index (χ4v) is 0.518. The maximum atomic E-state index is 11.7. The lowest BCUT2D eigenvalue weighted by molar-refractivity contribution is -0.187. The Bertz CT molecular complexity index is 172. The summed E-state index contributed by atoms with van der Waals surface area (Å²) in [6.07, 6.45) is -4.67. The fraction of sp³-hybridized carbons (Fsp3) is 0.750. The van der Waals surface area contributed by atoms with E-state index in [-0.39, 0.29) is 0 Å². The molecule has 1 heterocycles. The Hall–Kier alpha value is -0.780. The molecular weight excluding hydrogens is 151 g/mol. The predicted molar refractivity (Wildman–Crippen MR) is 23.9 cm³/mol. The molecule has 0 saturated carbocycles. The third kappa shape index (κ3) is 0.756. The van der Waals surface area contributed by atoms with Gasteiger partial charge in [-0.3, -0.25) is 4.79 Å². The van der Waals surface area contributed by atoms with Gasteiger partial charge in [-0.15, -0.1) is 0 Å². The number of hydrogen-bond acceptors (Lipinski definition) is 2. The molecule has 2 N–H and O–H groups in total. The average Bonchev–Trinajstić information content (AvgIpc) is 2.36. The number of amides is 1. The Kier molecular flexibility index (Phi) is 1.19. The van der Waals surface area contributed by atoms with Crippen molar-refractivity contribution in [2.24, 2.45) is 5.73 Å². The number of alkyl halides is 3. The number of nitrogens with two attached hydrogens (primary N) is 1. The van der Waals surface area contributed by atoms with Gasteiger partial charge in [0.2, 0.25) is 0 Å². The quantitative estimate of drug-likeness (QED) is 0.533. The molecule has 6 heteroatoms. The smallest absolute Gasteiger partial charge is 0.367 e. The summed E-state index contributed by atoms with van der Waals surface area (Å²) in [5.74, 6) is -1.47. The lowest BCUT2D eigenvalue weighted by Gasteiger charge is -2.10. The highest BCUT2D eigenvalue weighted by molar-refractivity contribution is 5.87. The van der Waals surface area contributed by atoms with Crippen LogP contribution in [0.3, 0.4) is 0 Å². The molecule has 3 nitrogen and oxygen atoms in total. The highest BCUT2D eigenvalue weighted by atomic mass is 19.4. The maximum absolute atomic E-state index is 11.7. The van der Waals surface area contributed by atoms with E-state index in [2.05, 4.69) is 10.5 Å². The Morgan fingerprint density at radius 2 is 2.00 bits per heavy atom. The first-order valence-corrected chi connectivity index (χ1v) is 2.41. The number of epoxide rings is 1. The van der Waals surface area contributed by atoms with Crippen LogP contribution in [0.4, 0.5) is 13.2 Å². The number of ether oxygens (including phenoxy) is 1. The summed E-state index contributed by atoms with van der Waals surface area (Å²) in [6, 6.07) is 0. The minimum atomic E-state index is -4.67. The van der Waals surface area contributed by atoms with Crippen molar-refractivity contribution in [2.45, 2.75) is 11.8 Å². The van der Waals surface area contributed by atoms with Crippen molar-refractivity contribution < 1.29 is 22.7 Å². The first kappa shape index (κ1) is 7.33. The molecule has 1 amide bonds. The molecule has 1 fully saturated rings. The molecular formula is C4H4F3NO2. The fourth-order valence-electron chi connectivity index (χ4n) is 0.518. The summed E-state index contributed by atoms with van der Waals surface area (Å²) in [4.78, 5) is 10.1. The normalized spacial score (nSPS) is 31.9. The molecule has 1 aliphatic rings. The SMILES string of the molecule is NC(=O)C1(C(F)(F)F)CO1. The molecule has 1 rings (SSSR count). The van der Waals surface area contributed by atoms with Gasteiger partial charge in [-0.05, 0) is 0 Å². The Balaban J connectivity index is 2.80. The number of halogens is 3. The topological polar surface area (TPSA) is 55.6 Å². The van der Waals surface area contributed by atoms with Gasteiger partial charge in [0.15, 0.2) is 0 Å². The second-order valence-corrected chi connectivity index (χ2v) is 1.98. The molecule has 1 unspecified atom stereocenters. The lowest BCUT2D eigenvalue weighted by atomic mass is 10.1. The molecule has 10 heavy (non-hydrogen) atoms. The van der Waals surface area contributed by atoms with E-state index in [9.17, 15) is 18.0 Å². The maximum Gasteiger partial charge on any atom is 0.428 e. The van der Waals surface area contributed by atoms with Crippen molar-refractivity contribution in [3.05, 3.63) is 0 Å². The van der Waals surface area contributed by atoms with Gasteiger partial charge in [0.1, 0.15) is 0 Å². The zero-order chi connectivity index (χ0) is 7.99. The van der Waals surface area contributed by atoms with Crippen LogP contribution in [0, 0.1) is 0 Å². The zero-order valence-electron chi connectivity index (χ0n) is 4.73. The molecule has 1 atom stereocenters. The van der Waals surface area contributed by atoms with Gasteiger partial charge in [0.05, 0.1) is 6.61 Å². The summed E-state index contributed by atoms with van der Waals surface area (Å²) in [5.41, 5.74) is 1.76. The molecule has 58 valence electrons.